The van der Waals surface area contributed by atoms with Crippen molar-refractivity contribution >= 4 is 34.3 Å². The smallest absolute Gasteiger partial charge is 0.195 e. The van der Waals surface area contributed by atoms with E-state index in [0.29, 0.717) is 10.9 Å². The largest absolute Gasteiger partial charge is 0.441 e. The van der Waals surface area contributed by atoms with Gasteiger partial charge in [0.1, 0.15) is 5.52 Å². The lowest BCUT2D eigenvalue weighted by molar-refractivity contribution is 0.518. The summed E-state index contributed by atoms with van der Waals surface area (Å²) in [5.74, 6) is 1.45. The molecule has 80 valence electrons. The minimum Gasteiger partial charge on any atom is -0.441 e. The first kappa shape index (κ1) is 10.8. The van der Waals surface area contributed by atoms with Crippen LogP contribution in [0.5, 0.6) is 0 Å². The van der Waals surface area contributed by atoms with Gasteiger partial charge in [-0.2, -0.15) is 0 Å². The third-order valence-electron chi connectivity index (χ3n) is 2.17. The van der Waals surface area contributed by atoms with Gasteiger partial charge in [-0.05, 0) is 31.0 Å². The summed E-state index contributed by atoms with van der Waals surface area (Å²) >= 11 is 11.5. The average Bonchev–Trinajstić information content (AvgIpc) is 2.60. The molecule has 0 N–H and O–H groups in total. The van der Waals surface area contributed by atoms with E-state index in [1.54, 1.807) is 6.07 Å². The highest BCUT2D eigenvalue weighted by Crippen LogP contribution is 2.20. The number of hydrogen-bond donors (Lipinski definition) is 0. The molecule has 15 heavy (non-hydrogen) atoms. The molecule has 0 aliphatic rings. The Morgan fingerprint density at radius 2 is 2.13 bits per heavy atom. The molecule has 2 rings (SSSR count). The van der Waals surface area contributed by atoms with Crippen molar-refractivity contribution < 1.29 is 4.42 Å². The first-order chi connectivity index (χ1) is 7.29. The van der Waals surface area contributed by atoms with E-state index in [2.05, 4.69) is 4.98 Å². The van der Waals surface area contributed by atoms with E-state index < -0.39 is 0 Å². The fourth-order valence-electron chi connectivity index (χ4n) is 1.43. The SMILES string of the molecule is ClCCCCc1nc2cc(Cl)ccc2o1. The molecule has 0 saturated carbocycles. The van der Waals surface area contributed by atoms with Crippen LogP contribution in [0.25, 0.3) is 11.1 Å². The van der Waals surface area contributed by atoms with Gasteiger partial charge in [-0.15, -0.1) is 11.6 Å². The number of oxazole rings is 1. The van der Waals surface area contributed by atoms with Crippen molar-refractivity contribution in [1.82, 2.24) is 4.98 Å². The summed E-state index contributed by atoms with van der Waals surface area (Å²) in [7, 11) is 0. The number of aromatic nitrogens is 1. The lowest BCUT2D eigenvalue weighted by Crippen LogP contribution is -1.85. The van der Waals surface area contributed by atoms with Crippen LogP contribution < -0.4 is 0 Å². The molecule has 1 aromatic carbocycles. The number of halogens is 2. The number of unbranched alkanes of at least 4 members (excludes halogenated alkanes) is 1. The van der Waals surface area contributed by atoms with Crippen LogP contribution in [0.2, 0.25) is 5.02 Å². The van der Waals surface area contributed by atoms with E-state index in [-0.39, 0.29) is 0 Å². The number of alkyl halides is 1. The van der Waals surface area contributed by atoms with Crippen LogP contribution >= 0.6 is 23.2 Å². The molecule has 4 heteroatoms. The molecule has 1 heterocycles. The van der Waals surface area contributed by atoms with E-state index in [1.165, 1.54) is 0 Å². The van der Waals surface area contributed by atoms with Crippen LogP contribution in [0.4, 0.5) is 0 Å². The molecule has 1 aromatic heterocycles. The van der Waals surface area contributed by atoms with Crippen LogP contribution in [0, 0.1) is 0 Å². The predicted molar refractivity (Wildman–Crippen MR) is 62.7 cm³/mol. The van der Waals surface area contributed by atoms with Gasteiger partial charge < -0.3 is 4.42 Å². The highest BCUT2D eigenvalue weighted by molar-refractivity contribution is 6.31. The summed E-state index contributed by atoms with van der Waals surface area (Å²) in [4.78, 5) is 4.35. The van der Waals surface area contributed by atoms with Crippen molar-refractivity contribution in [1.29, 1.82) is 0 Å². The van der Waals surface area contributed by atoms with Crippen molar-refractivity contribution in [2.24, 2.45) is 0 Å². The first-order valence-electron chi connectivity index (χ1n) is 4.90. The Bertz CT molecular complexity index is 453. The number of nitrogens with zero attached hydrogens (tertiary/aromatic N) is 1. The molecule has 2 aromatic rings. The summed E-state index contributed by atoms with van der Waals surface area (Å²) in [6.07, 6.45) is 2.82. The zero-order valence-corrected chi connectivity index (χ0v) is 9.68. The Morgan fingerprint density at radius 1 is 1.27 bits per heavy atom. The molecule has 0 aliphatic carbocycles. The van der Waals surface area contributed by atoms with Gasteiger partial charge in [-0.25, -0.2) is 4.98 Å². The zero-order valence-electron chi connectivity index (χ0n) is 8.17. The monoisotopic (exact) mass is 243 g/mol. The number of rotatable bonds is 4. The molecular weight excluding hydrogens is 233 g/mol. The standard InChI is InChI=1S/C11H11Cl2NO/c12-6-2-1-3-11-14-9-7-8(13)4-5-10(9)15-11/h4-5,7H,1-3,6H2. The van der Waals surface area contributed by atoms with Crippen LogP contribution in [-0.4, -0.2) is 10.9 Å². The summed E-state index contributed by atoms with van der Waals surface area (Å²) in [5, 5.41) is 0.683. The minimum atomic E-state index is 0.683. The van der Waals surface area contributed by atoms with Gasteiger partial charge >= 0.3 is 0 Å². The Morgan fingerprint density at radius 3 is 2.93 bits per heavy atom. The topological polar surface area (TPSA) is 26.0 Å². The van der Waals surface area contributed by atoms with E-state index in [0.717, 1.165) is 36.3 Å². The van der Waals surface area contributed by atoms with E-state index in [4.69, 9.17) is 27.6 Å². The lowest BCUT2D eigenvalue weighted by atomic mass is 10.2. The molecule has 0 aliphatic heterocycles. The molecule has 0 atom stereocenters. The molecule has 0 radical (unpaired) electrons. The third-order valence-corrected chi connectivity index (χ3v) is 2.67. The van der Waals surface area contributed by atoms with E-state index in [1.807, 2.05) is 12.1 Å². The van der Waals surface area contributed by atoms with Crippen LogP contribution in [0.3, 0.4) is 0 Å². The lowest BCUT2D eigenvalue weighted by Gasteiger charge is -1.91. The second kappa shape index (κ2) is 4.86. The second-order valence-electron chi connectivity index (χ2n) is 3.37. The van der Waals surface area contributed by atoms with Crippen molar-refractivity contribution in [2.75, 3.05) is 5.88 Å². The van der Waals surface area contributed by atoms with E-state index in [9.17, 15) is 0 Å². The molecule has 0 bridgehead atoms. The highest BCUT2D eigenvalue weighted by Gasteiger charge is 2.05. The molecule has 0 saturated heterocycles. The minimum absolute atomic E-state index is 0.683. The molecule has 0 unspecified atom stereocenters. The van der Waals surface area contributed by atoms with Crippen LogP contribution in [-0.2, 0) is 6.42 Å². The van der Waals surface area contributed by atoms with Gasteiger partial charge in [-0.1, -0.05) is 11.6 Å². The quantitative estimate of drug-likeness (QED) is 0.599. The van der Waals surface area contributed by atoms with Crippen molar-refractivity contribution in [2.45, 2.75) is 19.3 Å². The molecular formula is C11H11Cl2NO. The fraction of sp³-hybridized carbons (Fsp3) is 0.364. The maximum absolute atomic E-state index is 5.86. The fourth-order valence-corrected chi connectivity index (χ4v) is 1.78. The molecule has 0 fully saturated rings. The maximum atomic E-state index is 5.86. The molecule has 0 amide bonds. The molecule has 0 spiro atoms. The normalized spacial score (nSPS) is 11.1. The van der Waals surface area contributed by atoms with Gasteiger partial charge in [0, 0.05) is 17.3 Å². The zero-order chi connectivity index (χ0) is 10.7. The average molecular weight is 244 g/mol. The van der Waals surface area contributed by atoms with Gasteiger partial charge in [0.25, 0.3) is 0 Å². The van der Waals surface area contributed by atoms with Crippen LogP contribution in [0.1, 0.15) is 18.7 Å². The number of benzene rings is 1. The van der Waals surface area contributed by atoms with Gasteiger partial charge in [0.05, 0.1) is 0 Å². The summed E-state index contributed by atoms with van der Waals surface area (Å²) in [5.41, 5.74) is 1.61. The van der Waals surface area contributed by atoms with Crippen LogP contribution in [0.15, 0.2) is 22.6 Å². The Labute approximate surface area is 98.2 Å². The van der Waals surface area contributed by atoms with Gasteiger partial charge in [-0.3, -0.25) is 0 Å². The van der Waals surface area contributed by atoms with Crippen molar-refractivity contribution in [3.63, 3.8) is 0 Å². The van der Waals surface area contributed by atoms with Gasteiger partial charge in [0.2, 0.25) is 0 Å². The summed E-state index contributed by atoms with van der Waals surface area (Å²) in [6.45, 7) is 0. The second-order valence-corrected chi connectivity index (χ2v) is 4.18. The Balaban J connectivity index is 2.16. The first-order valence-corrected chi connectivity index (χ1v) is 5.82. The number of fused-ring (bicyclic) bond motifs is 1. The molecule has 2 nitrogen and oxygen atoms in total. The number of aryl methyl sites for hydroxylation is 1. The number of hydrogen-bond acceptors (Lipinski definition) is 2. The Hall–Kier alpha value is -0.730. The van der Waals surface area contributed by atoms with Gasteiger partial charge in [0.15, 0.2) is 11.5 Å². The van der Waals surface area contributed by atoms with E-state index >= 15 is 0 Å². The van der Waals surface area contributed by atoms with Crippen molar-refractivity contribution in [3.05, 3.63) is 29.1 Å². The predicted octanol–water partition coefficient (Wildman–Crippen LogP) is 4.04. The maximum Gasteiger partial charge on any atom is 0.195 e. The highest BCUT2D eigenvalue weighted by atomic mass is 35.5. The summed E-state index contributed by atoms with van der Waals surface area (Å²) < 4.78 is 5.56. The summed E-state index contributed by atoms with van der Waals surface area (Å²) in [6, 6.07) is 5.46. The third kappa shape index (κ3) is 2.64. The van der Waals surface area contributed by atoms with Crippen molar-refractivity contribution in [3.8, 4) is 0 Å². The Kier molecular flexibility index (Phi) is 3.49.